The minimum absolute atomic E-state index is 0.367. The first kappa shape index (κ1) is 22.5. The van der Waals surface area contributed by atoms with Crippen LogP contribution in [0, 0.1) is 3.57 Å². The number of halogens is 2. The molecule has 10 heteroatoms. The number of benzene rings is 1. The van der Waals surface area contributed by atoms with E-state index in [9.17, 15) is 8.42 Å². The second-order valence-corrected chi connectivity index (χ2v) is 11.3. The summed E-state index contributed by atoms with van der Waals surface area (Å²) in [5.74, 6) is 0. The van der Waals surface area contributed by atoms with Crippen molar-refractivity contribution in [1.29, 1.82) is 0 Å². The maximum absolute atomic E-state index is 12.2. The highest BCUT2D eigenvalue weighted by molar-refractivity contribution is 14.1. The van der Waals surface area contributed by atoms with Crippen LogP contribution in [0.15, 0.2) is 18.2 Å². The number of hydrogen-bond acceptors (Lipinski definition) is 5. The Hall–Kier alpha value is -0.720. The van der Waals surface area contributed by atoms with Crippen molar-refractivity contribution >= 4 is 44.2 Å². The minimum atomic E-state index is -3.25. The van der Waals surface area contributed by atoms with Crippen LogP contribution in [0.4, 0.5) is 0 Å². The van der Waals surface area contributed by atoms with E-state index in [4.69, 9.17) is 21.4 Å². The molecule has 0 N–H and O–H groups in total. The van der Waals surface area contributed by atoms with Gasteiger partial charge in [0.05, 0.1) is 30.2 Å². The lowest BCUT2D eigenvalue weighted by atomic mass is 10.0. The van der Waals surface area contributed by atoms with E-state index < -0.39 is 10.0 Å². The molecule has 2 aliphatic heterocycles. The van der Waals surface area contributed by atoms with Crippen LogP contribution in [0.1, 0.15) is 17.7 Å². The number of fused-ring (bicyclic) bond motifs is 1. The number of aryl methyl sites for hydroxylation is 1. The number of rotatable bonds is 6. The van der Waals surface area contributed by atoms with Crippen LogP contribution >= 0.6 is 34.2 Å². The van der Waals surface area contributed by atoms with Gasteiger partial charge in [0, 0.05) is 66.1 Å². The first-order valence-corrected chi connectivity index (χ1v) is 13.4. The average molecular weight is 565 g/mol. The molecule has 0 bridgehead atoms. The molecule has 164 valence electrons. The minimum Gasteiger partial charge on any atom is -0.379 e. The van der Waals surface area contributed by atoms with Crippen LogP contribution in [-0.4, -0.2) is 73.1 Å². The van der Waals surface area contributed by atoms with E-state index in [1.54, 1.807) is 4.31 Å². The fourth-order valence-corrected chi connectivity index (χ4v) is 5.50. The Morgan fingerprint density at radius 1 is 1.20 bits per heavy atom. The fraction of sp³-hybridized carbons (Fsp3) is 0.550. The van der Waals surface area contributed by atoms with Crippen molar-refractivity contribution in [3.8, 4) is 11.3 Å². The molecule has 0 spiro atoms. The Labute approximate surface area is 196 Å². The lowest BCUT2D eigenvalue weighted by molar-refractivity contribution is 0.0368. The zero-order valence-electron chi connectivity index (χ0n) is 17.0. The van der Waals surface area contributed by atoms with Crippen molar-refractivity contribution in [3.63, 3.8) is 0 Å². The third kappa shape index (κ3) is 5.02. The van der Waals surface area contributed by atoms with Crippen LogP contribution in [0.2, 0.25) is 5.02 Å². The summed E-state index contributed by atoms with van der Waals surface area (Å²) >= 11 is 8.42. The largest absolute Gasteiger partial charge is 0.379 e. The van der Waals surface area contributed by atoms with Crippen molar-refractivity contribution in [1.82, 2.24) is 19.0 Å². The second-order valence-electron chi connectivity index (χ2n) is 7.78. The molecular weight excluding hydrogens is 539 g/mol. The van der Waals surface area contributed by atoms with E-state index >= 15 is 0 Å². The smallest absolute Gasteiger partial charge is 0.211 e. The van der Waals surface area contributed by atoms with Crippen molar-refractivity contribution in [3.05, 3.63) is 38.0 Å². The molecule has 0 atom stereocenters. The van der Waals surface area contributed by atoms with Crippen LogP contribution in [-0.2, 0) is 34.3 Å². The quantitative estimate of drug-likeness (QED) is 0.505. The molecule has 0 unspecified atom stereocenters. The fourth-order valence-electron chi connectivity index (χ4n) is 4.08. The standard InChI is InChI=1S/C20H26ClIN4O3S/c1-30(27,28)25-8-5-19-16(14-25)20(15-3-4-17(21)18(22)13-15)23-26(19)7-2-6-24-9-11-29-12-10-24/h3-4,13H,2,5-12,14H2,1H3. The van der Waals surface area contributed by atoms with Gasteiger partial charge in [-0.25, -0.2) is 8.42 Å². The Kier molecular flexibility index (Phi) is 7.05. The molecule has 0 amide bonds. The number of sulfonamides is 1. The van der Waals surface area contributed by atoms with Gasteiger partial charge >= 0.3 is 0 Å². The van der Waals surface area contributed by atoms with Crippen LogP contribution in [0.3, 0.4) is 0 Å². The van der Waals surface area contributed by atoms with Crippen LogP contribution in [0.25, 0.3) is 11.3 Å². The van der Waals surface area contributed by atoms with Gasteiger partial charge in [-0.15, -0.1) is 0 Å². The van der Waals surface area contributed by atoms with E-state index in [0.29, 0.717) is 24.5 Å². The van der Waals surface area contributed by atoms with Gasteiger partial charge in [0.1, 0.15) is 0 Å². The first-order chi connectivity index (χ1) is 14.3. The predicted molar refractivity (Wildman–Crippen MR) is 126 cm³/mol. The molecule has 0 radical (unpaired) electrons. The summed E-state index contributed by atoms with van der Waals surface area (Å²) in [6.45, 7) is 6.27. The Morgan fingerprint density at radius 3 is 2.67 bits per heavy atom. The summed E-state index contributed by atoms with van der Waals surface area (Å²) in [5, 5.41) is 5.64. The van der Waals surface area contributed by atoms with Crippen LogP contribution in [0.5, 0.6) is 0 Å². The topological polar surface area (TPSA) is 67.7 Å². The Balaban J connectivity index is 1.61. The van der Waals surface area contributed by atoms with Crippen molar-refractivity contribution in [2.24, 2.45) is 0 Å². The molecule has 2 aromatic rings. The lowest BCUT2D eigenvalue weighted by Crippen LogP contribution is -2.37. The SMILES string of the molecule is CS(=O)(=O)N1CCc2c(c(-c3ccc(Cl)c(I)c3)nn2CCCN2CCOCC2)C1. The summed E-state index contributed by atoms with van der Waals surface area (Å²) < 4.78 is 34.3. The highest BCUT2D eigenvalue weighted by atomic mass is 127. The number of nitrogens with zero attached hydrogens (tertiary/aromatic N) is 4. The first-order valence-electron chi connectivity index (χ1n) is 10.1. The number of morpholine rings is 1. The zero-order chi connectivity index (χ0) is 21.3. The summed E-state index contributed by atoms with van der Waals surface area (Å²) in [4.78, 5) is 2.42. The van der Waals surface area contributed by atoms with Gasteiger partial charge in [-0.1, -0.05) is 17.7 Å². The van der Waals surface area contributed by atoms with Crippen LogP contribution < -0.4 is 0 Å². The van der Waals surface area contributed by atoms with Gasteiger partial charge in [-0.3, -0.25) is 9.58 Å². The molecule has 30 heavy (non-hydrogen) atoms. The molecule has 0 aliphatic carbocycles. The maximum Gasteiger partial charge on any atom is 0.211 e. The molecule has 1 fully saturated rings. The number of aromatic nitrogens is 2. The third-order valence-electron chi connectivity index (χ3n) is 5.71. The summed E-state index contributed by atoms with van der Waals surface area (Å²) in [5.41, 5.74) is 4.00. The van der Waals surface area contributed by atoms with Crippen molar-refractivity contribution < 1.29 is 13.2 Å². The van der Waals surface area contributed by atoms with Gasteiger partial charge in [-0.05, 0) is 41.1 Å². The molecule has 2 aliphatic rings. The van der Waals surface area contributed by atoms with Gasteiger partial charge in [0.2, 0.25) is 10.0 Å². The lowest BCUT2D eigenvalue weighted by Gasteiger charge is -2.27. The van der Waals surface area contributed by atoms with E-state index in [0.717, 1.165) is 71.9 Å². The molecule has 7 nitrogen and oxygen atoms in total. The maximum atomic E-state index is 12.2. The highest BCUT2D eigenvalue weighted by Gasteiger charge is 2.29. The monoisotopic (exact) mass is 564 g/mol. The normalized spacial score (nSPS) is 18.5. The van der Waals surface area contributed by atoms with E-state index in [-0.39, 0.29) is 0 Å². The van der Waals surface area contributed by atoms with Crippen molar-refractivity contribution in [2.75, 3.05) is 45.6 Å². The highest BCUT2D eigenvalue weighted by Crippen LogP contribution is 2.33. The zero-order valence-corrected chi connectivity index (χ0v) is 20.7. The summed E-state index contributed by atoms with van der Waals surface area (Å²) in [6, 6.07) is 5.85. The van der Waals surface area contributed by atoms with E-state index in [1.165, 1.54) is 6.26 Å². The Bertz CT molecular complexity index is 1020. The van der Waals surface area contributed by atoms with Gasteiger partial charge in [-0.2, -0.15) is 9.40 Å². The molecule has 1 saturated heterocycles. The molecule has 3 heterocycles. The molecule has 4 rings (SSSR count). The molecular formula is C20H26ClIN4O3S. The molecule has 1 aromatic heterocycles. The van der Waals surface area contributed by atoms with Crippen molar-refractivity contribution in [2.45, 2.75) is 25.9 Å². The summed E-state index contributed by atoms with van der Waals surface area (Å²) in [6.07, 6.45) is 2.95. The molecule has 1 aromatic carbocycles. The van der Waals surface area contributed by atoms with Gasteiger partial charge in [0.25, 0.3) is 0 Å². The van der Waals surface area contributed by atoms with Gasteiger partial charge in [0.15, 0.2) is 0 Å². The molecule has 0 saturated carbocycles. The number of ether oxygens (including phenoxy) is 1. The predicted octanol–water partition coefficient (Wildman–Crippen LogP) is 2.85. The number of hydrogen-bond donors (Lipinski definition) is 0. The summed E-state index contributed by atoms with van der Waals surface area (Å²) in [7, 11) is -3.25. The van der Waals surface area contributed by atoms with E-state index in [1.807, 2.05) is 18.2 Å². The van der Waals surface area contributed by atoms with Gasteiger partial charge < -0.3 is 4.74 Å². The second kappa shape index (κ2) is 9.41. The van der Waals surface area contributed by atoms with E-state index in [2.05, 4.69) is 32.2 Å². The Morgan fingerprint density at radius 2 is 1.97 bits per heavy atom. The third-order valence-corrected chi connectivity index (χ3v) is 8.50. The average Bonchev–Trinajstić information content (AvgIpc) is 3.08.